The van der Waals surface area contributed by atoms with Crippen LogP contribution in [-0.4, -0.2) is 41.9 Å². The Morgan fingerprint density at radius 2 is 1.87 bits per heavy atom. The lowest BCUT2D eigenvalue weighted by molar-refractivity contribution is -0.135. The highest BCUT2D eigenvalue weighted by Crippen LogP contribution is 2.53. The minimum Gasteiger partial charge on any atom is -0.353 e. The maximum atomic E-state index is 14.3. The number of rotatable bonds is 5. The van der Waals surface area contributed by atoms with Gasteiger partial charge in [0, 0.05) is 36.3 Å². The van der Waals surface area contributed by atoms with E-state index >= 15 is 0 Å². The highest BCUT2D eigenvalue weighted by molar-refractivity contribution is 6.31. The smallest absolute Gasteiger partial charge is 0.237 e. The fourth-order valence-corrected chi connectivity index (χ4v) is 6.86. The van der Waals surface area contributed by atoms with Crippen LogP contribution in [0.25, 0.3) is 0 Å². The average Bonchev–Trinajstić information content (AvgIpc) is 2.69. The van der Waals surface area contributed by atoms with E-state index in [1.807, 2.05) is 4.90 Å². The van der Waals surface area contributed by atoms with Crippen LogP contribution < -0.4 is 10.6 Å². The van der Waals surface area contributed by atoms with Crippen LogP contribution in [0, 0.1) is 29.5 Å². The molecule has 1 saturated heterocycles. The zero-order chi connectivity index (χ0) is 20.8. The summed E-state index contributed by atoms with van der Waals surface area (Å²) in [6.07, 6.45) is 6.42. The molecule has 162 valence electrons. The molecule has 2 N–H and O–H groups in total. The molecule has 0 spiro atoms. The van der Waals surface area contributed by atoms with Crippen LogP contribution in [0.5, 0.6) is 0 Å². The highest BCUT2D eigenvalue weighted by atomic mass is 35.5. The first-order chi connectivity index (χ1) is 14.5. The molecule has 1 aromatic carbocycles. The molecule has 4 bridgehead atoms. The van der Waals surface area contributed by atoms with Crippen LogP contribution in [0.4, 0.5) is 4.39 Å². The van der Waals surface area contributed by atoms with E-state index in [4.69, 9.17) is 11.6 Å². The third-order valence-corrected chi connectivity index (χ3v) is 8.15. The van der Waals surface area contributed by atoms with E-state index in [1.54, 1.807) is 12.1 Å². The number of carbonyl (C=O) groups excluding carboxylic acids is 2. The molecule has 2 amide bonds. The number of carbonyl (C=O) groups is 2. The highest BCUT2D eigenvalue weighted by Gasteiger charge is 2.48. The molecule has 0 radical (unpaired) electrons. The maximum absolute atomic E-state index is 14.3. The van der Waals surface area contributed by atoms with Crippen molar-refractivity contribution >= 4 is 23.4 Å². The molecule has 5 aliphatic rings. The molecule has 4 saturated carbocycles. The van der Waals surface area contributed by atoms with Gasteiger partial charge in [0.2, 0.25) is 11.8 Å². The number of nitrogens with zero attached hydrogens (tertiary/aromatic N) is 1. The van der Waals surface area contributed by atoms with E-state index in [1.165, 1.54) is 38.2 Å². The Morgan fingerprint density at radius 3 is 2.53 bits per heavy atom. The second kappa shape index (κ2) is 8.12. The summed E-state index contributed by atoms with van der Waals surface area (Å²) in [5.41, 5.74) is 0.375. The van der Waals surface area contributed by atoms with Gasteiger partial charge in [-0.2, -0.15) is 0 Å². The quantitative estimate of drug-likeness (QED) is 0.750. The van der Waals surface area contributed by atoms with Gasteiger partial charge < -0.3 is 10.6 Å². The second-order valence-electron chi connectivity index (χ2n) is 9.71. The number of amides is 2. The molecular weight excluding hydrogens is 405 g/mol. The summed E-state index contributed by atoms with van der Waals surface area (Å²) in [6.45, 7) is 1.26. The van der Waals surface area contributed by atoms with Crippen molar-refractivity contribution in [1.82, 2.24) is 15.5 Å². The van der Waals surface area contributed by atoms with E-state index in [0.29, 0.717) is 35.5 Å². The maximum Gasteiger partial charge on any atom is 0.237 e. The largest absolute Gasteiger partial charge is 0.353 e. The van der Waals surface area contributed by atoms with Gasteiger partial charge in [-0.1, -0.05) is 17.7 Å². The van der Waals surface area contributed by atoms with Crippen molar-refractivity contribution in [3.8, 4) is 0 Å². The second-order valence-corrected chi connectivity index (χ2v) is 10.1. The normalized spacial score (nSPS) is 35.3. The van der Waals surface area contributed by atoms with Gasteiger partial charge in [0.15, 0.2) is 0 Å². The third-order valence-electron chi connectivity index (χ3n) is 7.80. The van der Waals surface area contributed by atoms with Crippen molar-refractivity contribution in [1.29, 1.82) is 0 Å². The Morgan fingerprint density at radius 1 is 1.17 bits per heavy atom. The zero-order valence-corrected chi connectivity index (χ0v) is 17.8. The fraction of sp³-hybridized carbons (Fsp3) is 0.652. The Bertz CT molecular complexity index is 799. The van der Waals surface area contributed by atoms with Gasteiger partial charge in [-0.05, 0) is 67.9 Å². The summed E-state index contributed by atoms with van der Waals surface area (Å²) < 4.78 is 14.3. The summed E-state index contributed by atoms with van der Waals surface area (Å²) >= 11 is 6.19. The fourth-order valence-electron chi connectivity index (χ4n) is 6.64. The number of piperazine rings is 1. The molecule has 0 aromatic heterocycles. The Hall–Kier alpha value is -1.66. The van der Waals surface area contributed by atoms with Crippen molar-refractivity contribution in [2.24, 2.45) is 23.7 Å². The number of nitrogens with one attached hydrogen (secondary N) is 2. The summed E-state index contributed by atoms with van der Waals surface area (Å²) in [5.74, 6) is 2.27. The minimum absolute atomic E-state index is 0.0702. The van der Waals surface area contributed by atoms with Crippen molar-refractivity contribution in [2.45, 2.75) is 57.2 Å². The Labute approximate surface area is 181 Å². The molecule has 4 aliphatic carbocycles. The first kappa shape index (κ1) is 20.3. The molecule has 1 heterocycles. The monoisotopic (exact) mass is 433 g/mol. The standard InChI is InChI=1S/C23H29ClFN3O2/c24-18-2-1-3-19(25)17(18)12-28-5-4-26-23(30)20(28)11-21(29)27-22-15-7-13-6-14(9-15)10-16(22)8-13/h1-3,13-16,20,22H,4-12H2,(H,26,30)(H,27,29). The average molecular weight is 434 g/mol. The van der Waals surface area contributed by atoms with Crippen molar-refractivity contribution in [3.05, 3.63) is 34.6 Å². The lowest BCUT2D eigenvalue weighted by Crippen LogP contribution is -2.59. The molecule has 5 fully saturated rings. The molecular formula is C23H29ClFN3O2. The SMILES string of the molecule is O=C(CC1C(=O)NCCN1Cc1c(F)cccc1Cl)NC1C2CC3CC(C2)CC1C3. The topological polar surface area (TPSA) is 61.4 Å². The van der Waals surface area contributed by atoms with Crippen molar-refractivity contribution in [3.63, 3.8) is 0 Å². The van der Waals surface area contributed by atoms with Gasteiger partial charge >= 0.3 is 0 Å². The van der Waals surface area contributed by atoms with Crippen molar-refractivity contribution in [2.75, 3.05) is 13.1 Å². The molecule has 30 heavy (non-hydrogen) atoms. The van der Waals surface area contributed by atoms with Crippen molar-refractivity contribution < 1.29 is 14.0 Å². The van der Waals surface area contributed by atoms with Crippen LogP contribution in [0.2, 0.25) is 5.02 Å². The molecule has 1 atom stereocenters. The van der Waals surface area contributed by atoms with Gasteiger partial charge in [0.05, 0.1) is 12.5 Å². The van der Waals surface area contributed by atoms with Gasteiger partial charge in [-0.15, -0.1) is 0 Å². The van der Waals surface area contributed by atoms with E-state index < -0.39 is 6.04 Å². The summed E-state index contributed by atoms with van der Waals surface area (Å²) in [4.78, 5) is 27.4. The van der Waals surface area contributed by atoms with Crippen LogP contribution in [0.3, 0.4) is 0 Å². The summed E-state index contributed by atoms with van der Waals surface area (Å²) in [6, 6.07) is 4.25. The molecule has 1 aromatic rings. The zero-order valence-electron chi connectivity index (χ0n) is 17.1. The summed E-state index contributed by atoms with van der Waals surface area (Å²) in [7, 11) is 0. The van der Waals surface area contributed by atoms with Crippen LogP contribution in [0.1, 0.15) is 44.1 Å². The van der Waals surface area contributed by atoms with Crippen LogP contribution in [0.15, 0.2) is 18.2 Å². The van der Waals surface area contributed by atoms with Gasteiger partial charge in [0.25, 0.3) is 0 Å². The number of hydrogen-bond donors (Lipinski definition) is 2. The van der Waals surface area contributed by atoms with Crippen LogP contribution in [-0.2, 0) is 16.1 Å². The molecule has 1 aliphatic heterocycles. The molecule has 5 nitrogen and oxygen atoms in total. The number of halogens is 2. The predicted molar refractivity (Wildman–Crippen MR) is 112 cm³/mol. The van der Waals surface area contributed by atoms with E-state index in [-0.39, 0.29) is 36.6 Å². The number of hydrogen-bond acceptors (Lipinski definition) is 3. The third kappa shape index (κ3) is 3.84. The number of benzene rings is 1. The van der Waals surface area contributed by atoms with Crippen LogP contribution >= 0.6 is 11.6 Å². The summed E-state index contributed by atoms with van der Waals surface area (Å²) in [5, 5.41) is 6.49. The molecule has 6 rings (SSSR count). The van der Waals surface area contributed by atoms with Gasteiger partial charge in [-0.3, -0.25) is 14.5 Å². The van der Waals surface area contributed by atoms with E-state index in [9.17, 15) is 14.0 Å². The minimum atomic E-state index is -0.605. The van der Waals surface area contributed by atoms with E-state index in [2.05, 4.69) is 10.6 Å². The Balaban J connectivity index is 1.26. The first-order valence-corrected chi connectivity index (χ1v) is 11.6. The molecule has 1 unspecified atom stereocenters. The van der Waals surface area contributed by atoms with Gasteiger partial charge in [0.1, 0.15) is 5.82 Å². The van der Waals surface area contributed by atoms with E-state index in [0.717, 1.165) is 11.8 Å². The van der Waals surface area contributed by atoms with Gasteiger partial charge in [-0.25, -0.2) is 4.39 Å². The first-order valence-electron chi connectivity index (χ1n) is 11.2. The predicted octanol–water partition coefficient (Wildman–Crippen LogP) is 3.11. The Kier molecular flexibility index (Phi) is 5.48. The lowest BCUT2D eigenvalue weighted by atomic mass is 9.54. The molecule has 7 heteroatoms. The lowest BCUT2D eigenvalue weighted by Gasteiger charge is -2.54.